The van der Waals surface area contributed by atoms with Gasteiger partial charge in [-0.05, 0) is 32.8 Å². The van der Waals surface area contributed by atoms with E-state index >= 15 is 0 Å². The van der Waals surface area contributed by atoms with Crippen LogP contribution < -0.4 is 5.32 Å². The third-order valence-electron chi connectivity index (χ3n) is 3.37. The Morgan fingerprint density at radius 1 is 1.19 bits per heavy atom. The second kappa shape index (κ2) is 9.53. The first kappa shape index (κ1) is 17.7. The molecule has 0 aliphatic heterocycles. The number of ether oxygens (including phenoxy) is 2. The molecule has 21 heavy (non-hydrogen) atoms. The second-order valence-electron chi connectivity index (χ2n) is 5.09. The van der Waals surface area contributed by atoms with E-state index in [1.54, 1.807) is 6.92 Å². The fourth-order valence-corrected chi connectivity index (χ4v) is 2.01. The van der Waals surface area contributed by atoms with Gasteiger partial charge in [0.05, 0.1) is 19.3 Å². The van der Waals surface area contributed by atoms with Crippen molar-refractivity contribution < 1.29 is 14.3 Å². The quantitative estimate of drug-likeness (QED) is 0.712. The Bertz CT molecular complexity index is 417. The van der Waals surface area contributed by atoms with E-state index in [0.29, 0.717) is 19.8 Å². The van der Waals surface area contributed by atoms with Gasteiger partial charge in [-0.2, -0.15) is 0 Å². The van der Waals surface area contributed by atoms with Gasteiger partial charge >= 0.3 is 0 Å². The van der Waals surface area contributed by atoms with E-state index < -0.39 is 6.10 Å². The summed E-state index contributed by atoms with van der Waals surface area (Å²) >= 11 is 0. The number of rotatable bonds is 9. The summed E-state index contributed by atoms with van der Waals surface area (Å²) in [6.45, 7) is 9.43. The first-order valence-electron chi connectivity index (χ1n) is 7.64. The van der Waals surface area contributed by atoms with Gasteiger partial charge < -0.3 is 14.8 Å². The van der Waals surface area contributed by atoms with Gasteiger partial charge in [-0.25, -0.2) is 0 Å². The van der Waals surface area contributed by atoms with Crippen molar-refractivity contribution >= 4 is 5.91 Å². The first-order valence-corrected chi connectivity index (χ1v) is 7.64. The third kappa shape index (κ3) is 6.27. The number of benzene rings is 1. The minimum Gasteiger partial charge on any atom is -0.379 e. The molecule has 1 N–H and O–H groups in total. The molecule has 118 valence electrons. The van der Waals surface area contributed by atoms with E-state index in [0.717, 1.165) is 12.0 Å². The Balaban J connectivity index is 2.48. The van der Waals surface area contributed by atoms with E-state index in [4.69, 9.17) is 9.47 Å². The summed E-state index contributed by atoms with van der Waals surface area (Å²) in [5.74, 6) is -0.0843. The molecule has 0 spiro atoms. The monoisotopic (exact) mass is 293 g/mol. The van der Waals surface area contributed by atoms with E-state index in [1.807, 2.05) is 6.92 Å². The Morgan fingerprint density at radius 2 is 1.86 bits per heavy atom. The highest BCUT2D eigenvalue weighted by atomic mass is 16.5. The summed E-state index contributed by atoms with van der Waals surface area (Å²) in [4.78, 5) is 12.1. The topological polar surface area (TPSA) is 47.6 Å². The maximum Gasteiger partial charge on any atom is 0.249 e. The molecule has 0 bridgehead atoms. The third-order valence-corrected chi connectivity index (χ3v) is 3.37. The van der Waals surface area contributed by atoms with Crippen LogP contribution in [0.5, 0.6) is 0 Å². The second-order valence-corrected chi connectivity index (χ2v) is 5.09. The molecule has 4 nitrogen and oxygen atoms in total. The molecule has 1 aromatic carbocycles. The zero-order valence-electron chi connectivity index (χ0n) is 13.5. The zero-order valence-corrected chi connectivity index (χ0v) is 13.5. The van der Waals surface area contributed by atoms with Gasteiger partial charge in [0.1, 0.15) is 6.10 Å². The maximum absolute atomic E-state index is 12.1. The van der Waals surface area contributed by atoms with Crippen LogP contribution in [-0.2, 0) is 14.3 Å². The summed E-state index contributed by atoms with van der Waals surface area (Å²) in [5, 5.41) is 3.04. The number of carbonyl (C=O) groups excluding carboxylic acids is 1. The Labute approximate surface area is 127 Å². The molecule has 0 unspecified atom stereocenters. The van der Waals surface area contributed by atoms with Crippen LogP contribution in [0.1, 0.15) is 44.4 Å². The van der Waals surface area contributed by atoms with Gasteiger partial charge in [0, 0.05) is 6.61 Å². The van der Waals surface area contributed by atoms with Crippen molar-refractivity contribution in [2.75, 3.05) is 19.8 Å². The van der Waals surface area contributed by atoms with Gasteiger partial charge in [-0.1, -0.05) is 36.8 Å². The minimum absolute atomic E-state index is 0.0241. The minimum atomic E-state index is -0.468. The summed E-state index contributed by atoms with van der Waals surface area (Å²) in [6.07, 6.45) is 0.380. The van der Waals surface area contributed by atoms with Gasteiger partial charge in [0.15, 0.2) is 0 Å². The molecule has 0 saturated carbocycles. The lowest BCUT2D eigenvalue weighted by Gasteiger charge is -2.20. The molecule has 0 fully saturated rings. The largest absolute Gasteiger partial charge is 0.379 e. The zero-order chi connectivity index (χ0) is 15.7. The molecule has 0 radical (unpaired) electrons. The van der Waals surface area contributed by atoms with Gasteiger partial charge in [-0.15, -0.1) is 0 Å². The van der Waals surface area contributed by atoms with Crippen molar-refractivity contribution in [2.24, 2.45) is 0 Å². The molecule has 1 amide bonds. The van der Waals surface area contributed by atoms with Gasteiger partial charge in [0.2, 0.25) is 5.91 Å². The number of nitrogens with one attached hydrogen (secondary N) is 1. The van der Waals surface area contributed by atoms with Crippen LogP contribution in [0.25, 0.3) is 0 Å². The SMILES string of the molecule is CCOCCO[C@H](C)C(=O)N[C@H](CC)c1ccc(C)cc1. The standard InChI is InChI=1S/C17H27NO3/c1-5-16(15-9-7-13(3)8-10-15)18-17(19)14(4)21-12-11-20-6-2/h7-10,14,16H,5-6,11-12H2,1-4H3,(H,18,19)/t14-,16-/m1/s1. The van der Waals surface area contributed by atoms with Crippen LogP contribution in [0.4, 0.5) is 0 Å². The summed E-state index contributed by atoms with van der Waals surface area (Å²) in [6, 6.07) is 8.27. The average Bonchev–Trinajstić information content (AvgIpc) is 2.49. The number of carbonyl (C=O) groups is 1. The lowest BCUT2D eigenvalue weighted by Crippen LogP contribution is -2.37. The van der Waals surface area contributed by atoms with Crippen molar-refractivity contribution in [2.45, 2.75) is 46.3 Å². The lowest BCUT2D eigenvalue weighted by molar-refractivity contribution is -0.133. The maximum atomic E-state index is 12.1. The Hall–Kier alpha value is -1.39. The fraction of sp³-hybridized carbons (Fsp3) is 0.588. The normalized spacial score (nSPS) is 13.7. The van der Waals surface area contributed by atoms with Crippen LogP contribution in [0.3, 0.4) is 0 Å². The van der Waals surface area contributed by atoms with Crippen LogP contribution in [0, 0.1) is 6.92 Å². The summed E-state index contributed by atoms with van der Waals surface area (Å²) in [7, 11) is 0. The Morgan fingerprint density at radius 3 is 2.43 bits per heavy atom. The molecule has 2 atom stereocenters. The van der Waals surface area contributed by atoms with Crippen LogP contribution in [0.2, 0.25) is 0 Å². The highest BCUT2D eigenvalue weighted by Crippen LogP contribution is 2.17. The molecule has 0 saturated heterocycles. The van der Waals surface area contributed by atoms with E-state index in [-0.39, 0.29) is 11.9 Å². The summed E-state index contributed by atoms with van der Waals surface area (Å²) < 4.78 is 10.7. The molecule has 0 aromatic heterocycles. The predicted molar refractivity (Wildman–Crippen MR) is 84.3 cm³/mol. The van der Waals surface area contributed by atoms with Gasteiger partial charge in [-0.3, -0.25) is 4.79 Å². The molecule has 1 aromatic rings. The molecular formula is C17H27NO3. The van der Waals surface area contributed by atoms with Crippen LogP contribution in [-0.4, -0.2) is 31.8 Å². The first-order chi connectivity index (χ1) is 10.1. The molecule has 1 rings (SSSR count). The van der Waals surface area contributed by atoms with E-state index in [9.17, 15) is 4.79 Å². The number of hydrogen-bond donors (Lipinski definition) is 1. The highest BCUT2D eigenvalue weighted by molar-refractivity contribution is 5.80. The smallest absolute Gasteiger partial charge is 0.249 e. The molecular weight excluding hydrogens is 266 g/mol. The van der Waals surface area contributed by atoms with Gasteiger partial charge in [0.25, 0.3) is 0 Å². The molecule has 0 heterocycles. The van der Waals surface area contributed by atoms with Crippen molar-refractivity contribution in [1.29, 1.82) is 0 Å². The number of amides is 1. The predicted octanol–water partition coefficient (Wildman–Crippen LogP) is 3.00. The van der Waals surface area contributed by atoms with Crippen LogP contribution >= 0.6 is 0 Å². The van der Waals surface area contributed by atoms with Crippen molar-refractivity contribution in [1.82, 2.24) is 5.32 Å². The fourth-order valence-electron chi connectivity index (χ4n) is 2.01. The lowest BCUT2D eigenvalue weighted by atomic mass is 10.0. The van der Waals surface area contributed by atoms with Crippen molar-refractivity contribution in [3.8, 4) is 0 Å². The number of hydrogen-bond acceptors (Lipinski definition) is 3. The molecule has 4 heteroatoms. The highest BCUT2D eigenvalue weighted by Gasteiger charge is 2.18. The number of aryl methyl sites for hydroxylation is 1. The summed E-state index contributed by atoms with van der Waals surface area (Å²) in [5.41, 5.74) is 2.34. The van der Waals surface area contributed by atoms with Crippen LogP contribution in [0.15, 0.2) is 24.3 Å². The van der Waals surface area contributed by atoms with Crippen molar-refractivity contribution in [3.63, 3.8) is 0 Å². The van der Waals surface area contributed by atoms with Crippen molar-refractivity contribution in [3.05, 3.63) is 35.4 Å². The Kier molecular flexibility index (Phi) is 8.01. The molecule has 0 aliphatic rings. The molecule has 0 aliphatic carbocycles. The van der Waals surface area contributed by atoms with E-state index in [2.05, 4.69) is 43.4 Å². The average molecular weight is 293 g/mol. The van der Waals surface area contributed by atoms with E-state index in [1.165, 1.54) is 5.56 Å².